The molecular formula is C11H11NO6S. The van der Waals surface area contributed by atoms with Crippen LogP contribution in [0.2, 0.25) is 0 Å². The van der Waals surface area contributed by atoms with E-state index in [1.54, 1.807) is 0 Å². The van der Waals surface area contributed by atoms with Crippen LogP contribution < -0.4 is 0 Å². The topological polar surface area (TPSA) is 95.7 Å². The highest BCUT2D eigenvalue weighted by molar-refractivity contribution is 8.00. The number of ether oxygens (including phenoxy) is 2. The largest absolute Gasteiger partial charge is 0.468 e. The zero-order valence-corrected chi connectivity index (χ0v) is 11.1. The van der Waals surface area contributed by atoms with Crippen molar-refractivity contribution in [3.05, 3.63) is 33.9 Å². The molecule has 1 rings (SSSR count). The quantitative estimate of drug-likeness (QED) is 0.351. The molecule has 7 nitrogen and oxygen atoms in total. The molecule has 0 bridgehead atoms. The van der Waals surface area contributed by atoms with E-state index in [-0.39, 0.29) is 21.9 Å². The van der Waals surface area contributed by atoms with Crippen LogP contribution in [0.1, 0.15) is 10.4 Å². The fourth-order valence-corrected chi connectivity index (χ4v) is 2.26. The molecular weight excluding hydrogens is 274 g/mol. The molecule has 0 spiro atoms. The van der Waals surface area contributed by atoms with Crippen LogP contribution in [0.5, 0.6) is 0 Å². The highest BCUT2D eigenvalue weighted by atomic mass is 32.2. The molecule has 102 valence electrons. The predicted molar refractivity (Wildman–Crippen MR) is 67.2 cm³/mol. The van der Waals surface area contributed by atoms with E-state index in [2.05, 4.69) is 9.47 Å². The number of nitrogens with zero attached hydrogens (tertiary/aromatic N) is 1. The Hall–Kier alpha value is -2.09. The highest BCUT2D eigenvalue weighted by Gasteiger charge is 2.23. The first-order valence-corrected chi connectivity index (χ1v) is 6.05. The van der Waals surface area contributed by atoms with Crippen LogP contribution in [0.15, 0.2) is 23.1 Å². The van der Waals surface area contributed by atoms with Crippen LogP contribution in [0, 0.1) is 10.1 Å². The van der Waals surface area contributed by atoms with Crippen molar-refractivity contribution >= 4 is 29.4 Å². The summed E-state index contributed by atoms with van der Waals surface area (Å²) >= 11 is 0.861. The summed E-state index contributed by atoms with van der Waals surface area (Å²) in [4.78, 5) is 33.0. The number of nitro benzene ring substituents is 1. The molecule has 0 aliphatic heterocycles. The Bertz CT molecular complexity index is 516. The molecule has 0 aliphatic rings. The van der Waals surface area contributed by atoms with Gasteiger partial charge in [0.2, 0.25) is 0 Å². The second kappa shape index (κ2) is 6.74. The van der Waals surface area contributed by atoms with E-state index in [9.17, 15) is 19.7 Å². The molecule has 0 saturated heterocycles. The number of carbonyl (C=O) groups excluding carboxylic acids is 2. The van der Waals surface area contributed by atoms with Gasteiger partial charge in [-0.25, -0.2) is 4.79 Å². The molecule has 1 aromatic carbocycles. The number of rotatable bonds is 5. The molecule has 0 saturated carbocycles. The van der Waals surface area contributed by atoms with Crippen molar-refractivity contribution in [3.63, 3.8) is 0 Å². The first kappa shape index (κ1) is 15.0. The third kappa shape index (κ3) is 3.68. The third-order valence-electron chi connectivity index (χ3n) is 2.16. The van der Waals surface area contributed by atoms with Gasteiger partial charge < -0.3 is 9.47 Å². The molecule has 0 amide bonds. The lowest BCUT2D eigenvalue weighted by Crippen LogP contribution is -2.08. The Morgan fingerprint density at radius 3 is 2.53 bits per heavy atom. The van der Waals surface area contributed by atoms with Gasteiger partial charge in [-0.05, 0) is 6.07 Å². The lowest BCUT2D eigenvalue weighted by atomic mass is 10.2. The van der Waals surface area contributed by atoms with E-state index in [4.69, 9.17) is 0 Å². The van der Waals surface area contributed by atoms with E-state index in [0.717, 1.165) is 11.8 Å². The van der Waals surface area contributed by atoms with E-state index in [1.807, 2.05) is 0 Å². The number of esters is 2. The Morgan fingerprint density at radius 1 is 1.32 bits per heavy atom. The Labute approximate surface area is 113 Å². The summed E-state index contributed by atoms with van der Waals surface area (Å²) in [7, 11) is 2.39. The van der Waals surface area contributed by atoms with E-state index in [0.29, 0.717) is 0 Å². The summed E-state index contributed by atoms with van der Waals surface area (Å²) in [6.07, 6.45) is 0. The van der Waals surface area contributed by atoms with Crippen LogP contribution in [-0.2, 0) is 14.3 Å². The van der Waals surface area contributed by atoms with Gasteiger partial charge >= 0.3 is 11.9 Å². The maximum Gasteiger partial charge on any atom is 0.339 e. The number of hydrogen-bond donors (Lipinski definition) is 0. The molecule has 0 aromatic heterocycles. The maximum atomic E-state index is 11.5. The second-order valence-electron chi connectivity index (χ2n) is 3.27. The predicted octanol–water partition coefficient (Wildman–Crippen LogP) is 1.65. The molecule has 0 unspecified atom stereocenters. The fraction of sp³-hybridized carbons (Fsp3) is 0.273. The normalized spacial score (nSPS) is 9.79. The molecule has 19 heavy (non-hydrogen) atoms. The fourth-order valence-electron chi connectivity index (χ4n) is 1.28. The summed E-state index contributed by atoms with van der Waals surface area (Å²) in [5, 5.41) is 10.9. The van der Waals surface area contributed by atoms with E-state index >= 15 is 0 Å². The van der Waals surface area contributed by atoms with Crippen molar-refractivity contribution < 1.29 is 24.0 Å². The molecule has 0 N–H and O–H groups in total. The lowest BCUT2D eigenvalue weighted by Gasteiger charge is -2.07. The first-order chi connectivity index (χ1) is 9.01. The van der Waals surface area contributed by atoms with E-state index in [1.165, 1.54) is 32.4 Å². The molecule has 8 heteroatoms. The average Bonchev–Trinajstić information content (AvgIpc) is 2.43. The molecule has 0 fully saturated rings. The first-order valence-electron chi connectivity index (χ1n) is 5.06. The van der Waals surface area contributed by atoms with E-state index < -0.39 is 16.9 Å². The van der Waals surface area contributed by atoms with Crippen molar-refractivity contribution in [2.24, 2.45) is 0 Å². The average molecular weight is 285 g/mol. The summed E-state index contributed by atoms with van der Waals surface area (Å²) < 4.78 is 9.01. The molecule has 0 atom stereocenters. The summed E-state index contributed by atoms with van der Waals surface area (Å²) in [5.41, 5.74) is -0.206. The molecule has 1 aromatic rings. The monoisotopic (exact) mass is 285 g/mol. The van der Waals surface area contributed by atoms with Crippen LogP contribution in [-0.4, -0.2) is 36.8 Å². The lowest BCUT2D eigenvalue weighted by molar-refractivity contribution is -0.387. The number of nitro groups is 1. The SMILES string of the molecule is COC(=O)CSc1c(C(=O)OC)cccc1[N+](=O)[O-]. The molecule has 0 radical (unpaired) electrons. The highest BCUT2D eigenvalue weighted by Crippen LogP contribution is 2.33. The van der Waals surface area contributed by atoms with Crippen molar-refractivity contribution in [3.8, 4) is 0 Å². The van der Waals surface area contributed by atoms with Gasteiger partial charge in [0.1, 0.15) is 4.90 Å². The minimum absolute atomic E-state index is 0.0469. The van der Waals surface area contributed by atoms with Crippen molar-refractivity contribution in [1.82, 2.24) is 0 Å². The van der Waals surface area contributed by atoms with Gasteiger partial charge in [-0.15, -0.1) is 11.8 Å². The van der Waals surface area contributed by atoms with Crippen LogP contribution in [0.25, 0.3) is 0 Å². The van der Waals surface area contributed by atoms with Crippen LogP contribution >= 0.6 is 11.8 Å². The second-order valence-corrected chi connectivity index (χ2v) is 4.25. The van der Waals surface area contributed by atoms with Gasteiger partial charge in [-0.2, -0.15) is 0 Å². The van der Waals surface area contributed by atoms with Gasteiger partial charge in [0, 0.05) is 6.07 Å². The minimum atomic E-state index is -0.698. The van der Waals surface area contributed by atoms with Crippen molar-refractivity contribution in [1.29, 1.82) is 0 Å². The maximum absolute atomic E-state index is 11.5. The van der Waals surface area contributed by atoms with Gasteiger partial charge in [0.25, 0.3) is 5.69 Å². The van der Waals surface area contributed by atoms with Gasteiger partial charge in [-0.1, -0.05) is 6.07 Å². The molecule has 0 aliphatic carbocycles. The van der Waals surface area contributed by atoms with Gasteiger partial charge in [-0.3, -0.25) is 14.9 Å². The van der Waals surface area contributed by atoms with Crippen LogP contribution in [0.4, 0.5) is 5.69 Å². The summed E-state index contributed by atoms with van der Waals surface area (Å²) in [6.45, 7) is 0. The summed E-state index contributed by atoms with van der Waals surface area (Å²) in [6, 6.07) is 4.04. The van der Waals surface area contributed by atoms with Crippen LogP contribution in [0.3, 0.4) is 0 Å². The number of hydrogen-bond acceptors (Lipinski definition) is 7. The zero-order valence-electron chi connectivity index (χ0n) is 10.2. The standard InChI is InChI=1S/C11H11NO6S/c1-17-9(13)6-19-10-7(11(14)18-2)4-3-5-8(10)12(15)16/h3-5H,6H2,1-2H3. The van der Waals surface area contributed by atoms with Crippen molar-refractivity contribution in [2.75, 3.05) is 20.0 Å². The number of thioether (sulfide) groups is 1. The zero-order chi connectivity index (χ0) is 14.4. The minimum Gasteiger partial charge on any atom is -0.468 e. The van der Waals surface area contributed by atoms with Gasteiger partial charge in [0.15, 0.2) is 0 Å². The number of methoxy groups -OCH3 is 2. The number of carbonyl (C=O) groups is 2. The Kier molecular flexibility index (Phi) is 5.31. The Morgan fingerprint density at radius 2 is 2.00 bits per heavy atom. The molecule has 0 heterocycles. The third-order valence-corrected chi connectivity index (χ3v) is 3.26. The van der Waals surface area contributed by atoms with Gasteiger partial charge in [0.05, 0.1) is 30.5 Å². The summed E-state index contributed by atoms with van der Waals surface area (Å²) in [5.74, 6) is -1.37. The Balaban J connectivity index is 3.17. The smallest absolute Gasteiger partial charge is 0.339 e. The number of benzene rings is 1. The van der Waals surface area contributed by atoms with Crippen molar-refractivity contribution in [2.45, 2.75) is 4.90 Å².